The summed E-state index contributed by atoms with van der Waals surface area (Å²) in [6.45, 7) is 4.45. The van der Waals surface area contributed by atoms with E-state index in [-0.39, 0.29) is 0 Å². The van der Waals surface area contributed by atoms with Gasteiger partial charge in [-0.05, 0) is 72.0 Å². The van der Waals surface area contributed by atoms with E-state index in [0.717, 1.165) is 22.5 Å². The van der Waals surface area contributed by atoms with Crippen molar-refractivity contribution in [2.24, 2.45) is 0 Å². The number of benzene rings is 4. The maximum atomic E-state index is 5.05. The second-order valence-corrected chi connectivity index (χ2v) is 9.58. The van der Waals surface area contributed by atoms with Gasteiger partial charge in [-0.25, -0.2) is 4.98 Å². The normalized spacial score (nSPS) is 11.5. The van der Waals surface area contributed by atoms with Crippen molar-refractivity contribution >= 4 is 32.4 Å². The van der Waals surface area contributed by atoms with Crippen molar-refractivity contribution in [1.82, 2.24) is 14.5 Å². The van der Waals surface area contributed by atoms with Crippen LogP contribution in [-0.2, 0) is 0 Å². The molecule has 37 heavy (non-hydrogen) atoms. The van der Waals surface area contributed by atoms with Gasteiger partial charge in [-0.1, -0.05) is 66.7 Å². The van der Waals surface area contributed by atoms with Gasteiger partial charge in [0.05, 0.1) is 16.9 Å². The van der Waals surface area contributed by atoms with E-state index in [9.17, 15) is 0 Å². The first-order valence-corrected chi connectivity index (χ1v) is 12.6. The van der Waals surface area contributed by atoms with Crippen molar-refractivity contribution in [3.63, 3.8) is 0 Å². The molecule has 0 aliphatic heterocycles. The lowest BCUT2D eigenvalue weighted by Gasteiger charge is -2.13. The molecule has 0 saturated carbocycles. The lowest BCUT2D eigenvalue weighted by molar-refractivity contribution is 1.05. The third kappa shape index (κ3) is 3.43. The fourth-order valence-electron chi connectivity index (χ4n) is 5.55. The van der Waals surface area contributed by atoms with Crippen LogP contribution in [0.5, 0.6) is 0 Å². The standard InChI is InChI=1S/C34H25N3/c1-22-23(2)37(27-14-13-24-7-3-4-8-26(24)21-27)34-28(22)15-16-29-30(9-5-10-31(29)34)33-12-6-11-32(36-33)25-17-19-35-20-18-25/h3-21H,1-2H3. The molecule has 4 aromatic carbocycles. The summed E-state index contributed by atoms with van der Waals surface area (Å²) in [6, 6.07) is 36.6. The highest BCUT2D eigenvalue weighted by Crippen LogP contribution is 2.38. The van der Waals surface area contributed by atoms with Crippen molar-refractivity contribution in [2.45, 2.75) is 13.8 Å². The summed E-state index contributed by atoms with van der Waals surface area (Å²) < 4.78 is 2.42. The average Bonchev–Trinajstić information content (AvgIpc) is 3.22. The monoisotopic (exact) mass is 475 g/mol. The van der Waals surface area contributed by atoms with Crippen LogP contribution >= 0.6 is 0 Å². The second kappa shape index (κ2) is 8.42. The van der Waals surface area contributed by atoms with Gasteiger partial charge >= 0.3 is 0 Å². The van der Waals surface area contributed by atoms with Crippen molar-refractivity contribution in [1.29, 1.82) is 0 Å². The fraction of sp³-hybridized carbons (Fsp3) is 0.0588. The van der Waals surface area contributed by atoms with E-state index in [0.29, 0.717) is 0 Å². The molecule has 3 heterocycles. The summed E-state index contributed by atoms with van der Waals surface area (Å²) >= 11 is 0. The smallest absolute Gasteiger partial charge is 0.0715 e. The third-order valence-electron chi connectivity index (χ3n) is 7.53. The molecule has 3 nitrogen and oxygen atoms in total. The van der Waals surface area contributed by atoms with Gasteiger partial charge in [0, 0.05) is 45.7 Å². The molecule has 3 aromatic heterocycles. The number of aryl methyl sites for hydroxylation is 1. The number of rotatable bonds is 3. The van der Waals surface area contributed by atoms with Crippen molar-refractivity contribution in [3.05, 3.63) is 127 Å². The average molecular weight is 476 g/mol. The predicted molar refractivity (Wildman–Crippen MR) is 154 cm³/mol. The third-order valence-corrected chi connectivity index (χ3v) is 7.53. The first-order valence-electron chi connectivity index (χ1n) is 12.6. The molecule has 176 valence electrons. The molecule has 0 radical (unpaired) electrons. The van der Waals surface area contributed by atoms with Crippen LogP contribution < -0.4 is 0 Å². The minimum Gasteiger partial charge on any atom is -0.313 e. The van der Waals surface area contributed by atoms with Gasteiger partial charge < -0.3 is 4.57 Å². The van der Waals surface area contributed by atoms with E-state index in [4.69, 9.17) is 4.98 Å². The molecule has 0 fully saturated rings. The maximum Gasteiger partial charge on any atom is 0.0715 e. The molecule has 3 heteroatoms. The first-order chi connectivity index (χ1) is 18.2. The molecule has 0 N–H and O–H groups in total. The van der Waals surface area contributed by atoms with Crippen molar-refractivity contribution in [3.8, 4) is 28.2 Å². The van der Waals surface area contributed by atoms with E-state index in [1.54, 1.807) is 0 Å². The van der Waals surface area contributed by atoms with Gasteiger partial charge in [-0.15, -0.1) is 0 Å². The van der Waals surface area contributed by atoms with Gasteiger partial charge in [0.25, 0.3) is 0 Å². The number of fused-ring (bicyclic) bond motifs is 4. The van der Waals surface area contributed by atoms with E-state index in [1.165, 1.54) is 49.4 Å². The van der Waals surface area contributed by atoms with E-state index in [1.807, 2.05) is 24.5 Å². The molecule has 0 unspecified atom stereocenters. The Morgan fingerprint density at radius 3 is 2.22 bits per heavy atom. The molecule has 0 spiro atoms. The molecular formula is C34H25N3. The summed E-state index contributed by atoms with van der Waals surface area (Å²) in [5, 5.41) is 6.22. The van der Waals surface area contributed by atoms with E-state index < -0.39 is 0 Å². The topological polar surface area (TPSA) is 30.7 Å². The molecule has 0 aliphatic carbocycles. The zero-order chi connectivity index (χ0) is 24.9. The molecule has 0 bridgehead atoms. The number of hydrogen-bond donors (Lipinski definition) is 0. The Kier molecular flexibility index (Phi) is 4.90. The Hall–Kier alpha value is -4.76. The largest absolute Gasteiger partial charge is 0.313 e. The fourth-order valence-corrected chi connectivity index (χ4v) is 5.55. The molecule has 0 amide bonds. The quantitative estimate of drug-likeness (QED) is 0.256. The molecule has 0 atom stereocenters. The van der Waals surface area contributed by atoms with Crippen LogP contribution in [0.25, 0.3) is 60.6 Å². The lowest BCUT2D eigenvalue weighted by Crippen LogP contribution is -1.97. The SMILES string of the molecule is Cc1c(C)n(-c2ccc3ccccc3c2)c2c1ccc1c(-c3cccc(-c4ccncc4)n3)cccc12. The lowest BCUT2D eigenvalue weighted by atomic mass is 9.98. The minimum absolute atomic E-state index is 0.948. The van der Waals surface area contributed by atoms with Crippen LogP contribution in [0.4, 0.5) is 0 Å². The van der Waals surface area contributed by atoms with E-state index >= 15 is 0 Å². The number of pyridine rings is 2. The summed E-state index contributed by atoms with van der Waals surface area (Å²) in [7, 11) is 0. The van der Waals surface area contributed by atoms with Gasteiger partial charge in [0.15, 0.2) is 0 Å². The molecule has 7 aromatic rings. The number of hydrogen-bond acceptors (Lipinski definition) is 2. The highest BCUT2D eigenvalue weighted by atomic mass is 15.0. The van der Waals surface area contributed by atoms with Gasteiger partial charge in [-0.3, -0.25) is 4.98 Å². The highest BCUT2D eigenvalue weighted by Gasteiger charge is 2.17. The molecule has 0 aliphatic rings. The Bertz CT molecular complexity index is 1950. The Morgan fingerprint density at radius 1 is 0.595 bits per heavy atom. The molecule has 7 rings (SSSR count). The Morgan fingerprint density at radius 2 is 1.35 bits per heavy atom. The van der Waals surface area contributed by atoms with Crippen LogP contribution in [0, 0.1) is 13.8 Å². The van der Waals surface area contributed by atoms with Gasteiger partial charge in [0.1, 0.15) is 0 Å². The van der Waals surface area contributed by atoms with Gasteiger partial charge in [0.2, 0.25) is 0 Å². The van der Waals surface area contributed by atoms with Gasteiger partial charge in [-0.2, -0.15) is 0 Å². The van der Waals surface area contributed by atoms with Crippen LogP contribution in [0.2, 0.25) is 0 Å². The highest BCUT2D eigenvalue weighted by molar-refractivity contribution is 6.12. The summed E-state index contributed by atoms with van der Waals surface area (Å²) in [4.78, 5) is 9.20. The molecular weight excluding hydrogens is 450 g/mol. The molecule has 0 saturated heterocycles. The Balaban J connectivity index is 1.48. The number of aromatic nitrogens is 3. The first kappa shape index (κ1) is 21.5. The summed E-state index contributed by atoms with van der Waals surface area (Å²) in [6.07, 6.45) is 3.62. The number of nitrogens with zero attached hydrogens (tertiary/aromatic N) is 3. The van der Waals surface area contributed by atoms with Crippen LogP contribution in [0.1, 0.15) is 11.3 Å². The zero-order valence-electron chi connectivity index (χ0n) is 20.8. The second-order valence-electron chi connectivity index (χ2n) is 9.58. The maximum absolute atomic E-state index is 5.05. The van der Waals surface area contributed by atoms with Crippen LogP contribution in [0.15, 0.2) is 116 Å². The van der Waals surface area contributed by atoms with Crippen LogP contribution in [0.3, 0.4) is 0 Å². The minimum atomic E-state index is 0.948. The predicted octanol–water partition coefficient (Wildman–Crippen LogP) is 8.68. The van der Waals surface area contributed by atoms with E-state index in [2.05, 4.69) is 114 Å². The van der Waals surface area contributed by atoms with Crippen molar-refractivity contribution in [2.75, 3.05) is 0 Å². The summed E-state index contributed by atoms with van der Waals surface area (Å²) in [5.74, 6) is 0. The van der Waals surface area contributed by atoms with Crippen LogP contribution in [-0.4, -0.2) is 14.5 Å². The van der Waals surface area contributed by atoms with Crippen molar-refractivity contribution < 1.29 is 0 Å². The zero-order valence-corrected chi connectivity index (χ0v) is 20.8. The summed E-state index contributed by atoms with van der Waals surface area (Å²) in [5.41, 5.74) is 9.13. The Labute approximate surface area is 215 Å².